The van der Waals surface area contributed by atoms with Crippen LogP contribution in [0.2, 0.25) is 0 Å². The van der Waals surface area contributed by atoms with Crippen LogP contribution in [0.25, 0.3) is 0 Å². The molecule has 0 heterocycles. The Morgan fingerprint density at radius 2 is 1.65 bits per heavy atom. The third-order valence-electron chi connectivity index (χ3n) is 3.92. The molecule has 0 unspecified atom stereocenters. The number of nitrogens with one attached hydrogen (secondary N) is 2. The molecule has 4 N–H and O–H groups in total. The van der Waals surface area contributed by atoms with Gasteiger partial charge in [0.15, 0.2) is 0 Å². The highest BCUT2D eigenvalue weighted by atomic mass is 32.2. The van der Waals surface area contributed by atoms with Crippen molar-refractivity contribution < 1.29 is 17.9 Å². The molecule has 0 radical (unpaired) electrons. The highest BCUT2D eigenvalue weighted by Gasteiger charge is 2.61. The van der Waals surface area contributed by atoms with Crippen molar-refractivity contribution in [1.82, 2.24) is 9.44 Å². The van der Waals surface area contributed by atoms with Crippen LogP contribution in [0.15, 0.2) is 0 Å². The van der Waals surface area contributed by atoms with Crippen LogP contribution in [0.4, 0.5) is 4.79 Å². The van der Waals surface area contributed by atoms with Gasteiger partial charge < -0.3 is 10.5 Å². The molecule has 8 heteroatoms. The lowest BCUT2D eigenvalue weighted by Gasteiger charge is -2.62. The van der Waals surface area contributed by atoms with Crippen molar-refractivity contribution in [1.29, 1.82) is 0 Å². The Bertz CT molecular complexity index is 469. The molecular formula is C12H25N3O4S. The summed E-state index contributed by atoms with van der Waals surface area (Å²) in [5.41, 5.74) is 5.29. The summed E-state index contributed by atoms with van der Waals surface area (Å²) in [4.78, 5) is 11.4. The summed E-state index contributed by atoms with van der Waals surface area (Å²) in [7, 11) is -3.98. The van der Waals surface area contributed by atoms with Crippen LogP contribution < -0.4 is 15.2 Å². The van der Waals surface area contributed by atoms with E-state index in [1.807, 2.05) is 32.4 Å². The van der Waals surface area contributed by atoms with Crippen molar-refractivity contribution in [3.05, 3.63) is 0 Å². The smallest absolute Gasteiger partial charge is 0.422 e. The van der Waals surface area contributed by atoms with E-state index in [1.165, 1.54) is 0 Å². The first-order valence-electron chi connectivity index (χ1n) is 6.57. The SMILES string of the molecule is CC(C)OC(=O)NS(=O)(=O)NC1C(C)(C)C(N)C1(C)C. The largest absolute Gasteiger partial charge is 0.446 e. The number of carbonyl (C=O) groups excluding carboxylic acids is 1. The Labute approximate surface area is 120 Å². The van der Waals surface area contributed by atoms with Gasteiger partial charge in [0.25, 0.3) is 0 Å². The van der Waals surface area contributed by atoms with Gasteiger partial charge in [-0.3, -0.25) is 0 Å². The highest BCUT2D eigenvalue weighted by Crippen LogP contribution is 2.52. The summed E-state index contributed by atoms with van der Waals surface area (Å²) in [6.07, 6.45) is -1.39. The van der Waals surface area contributed by atoms with Crippen molar-refractivity contribution >= 4 is 16.3 Å². The molecule has 1 amide bonds. The summed E-state index contributed by atoms with van der Waals surface area (Å²) in [5, 5.41) is 0. The zero-order valence-corrected chi connectivity index (χ0v) is 13.7. The van der Waals surface area contributed by atoms with Gasteiger partial charge in [-0.2, -0.15) is 13.1 Å². The molecule has 0 bridgehead atoms. The van der Waals surface area contributed by atoms with Crippen LogP contribution in [-0.2, 0) is 14.9 Å². The molecule has 0 saturated heterocycles. The number of hydrogen-bond donors (Lipinski definition) is 3. The van der Waals surface area contributed by atoms with Crippen molar-refractivity contribution in [2.75, 3.05) is 0 Å². The van der Waals surface area contributed by atoms with Crippen molar-refractivity contribution in [2.45, 2.75) is 59.7 Å². The van der Waals surface area contributed by atoms with Crippen LogP contribution in [0.3, 0.4) is 0 Å². The molecule has 7 nitrogen and oxygen atoms in total. The molecule has 1 aliphatic carbocycles. The molecule has 1 fully saturated rings. The second-order valence-corrected chi connectivity index (χ2v) is 8.18. The molecule has 1 saturated carbocycles. The first-order valence-corrected chi connectivity index (χ1v) is 8.05. The maximum atomic E-state index is 11.9. The second kappa shape index (κ2) is 5.16. The zero-order valence-electron chi connectivity index (χ0n) is 12.9. The molecule has 1 rings (SSSR count). The number of rotatable bonds is 4. The van der Waals surface area contributed by atoms with Gasteiger partial charge in [-0.05, 0) is 24.7 Å². The first kappa shape index (κ1) is 17.2. The Morgan fingerprint density at radius 3 is 2.05 bits per heavy atom. The fraction of sp³-hybridized carbons (Fsp3) is 0.917. The number of hydrogen-bond acceptors (Lipinski definition) is 5. The second-order valence-electron chi connectivity index (χ2n) is 6.73. The summed E-state index contributed by atoms with van der Waals surface area (Å²) in [5.74, 6) is 0. The third-order valence-corrected chi connectivity index (χ3v) is 4.91. The van der Waals surface area contributed by atoms with E-state index >= 15 is 0 Å². The third kappa shape index (κ3) is 3.24. The van der Waals surface area contributed by atoms with Gasteiger partial charge in [0.05, 0.1) is 6.10 Å². The molecule has 0 aromatic carbocycles. The maximum absolute atomic E-state index is 11.9. The Morgan fingerprint density at radius 1 is 1.20 bits per heavy atom. The van der Waals surface area contributed by atoms with Crippen LogP contribution >= 0.6 is 0 Å². The van der Waals surface area contributed by atoms with Gasteiger partial charge in [0, 0.05) is 12.1 Å². The number of carbonyl (C=O) groups is 1. The quantitative estimate of drug-likeness (QED) is 0.708. The first-order chi connectivity index (χ1) is 8.80. The summed E-state index contributed by atoms with van der Waals surface area (Å²) in [6, 6.07) is -0.500. The average molecular weight is 307 g/mol. The van der Waals surface area contributed by atoms with E-state index in [0.717, 1.165) is 0 Å². The lowest BCUT2D eigenvalue weighted by atomic mass is 9.49. The van der Waals surface area contributed by atoms with Crippen LogP contribution in [0.5, 0.6) is 0 Å². The molecular weight excluding hydrogens is 282 g/mol. The van der Waals surface area contributed by atoms with Crippen LogP contribution in [-0.4, -0.2) is 32.7 Å². The maximum Gasteiger partial charge on any atom is 0.422 e. The molecule has 0 aliphatic heterocycles. The molecule has 0 aromatic rings. The molecule has 0 atom stereocenters. The van der Waals surface area contributed by atoms with E-state index in [1.54, 1.807) is 13.8 Å². The molecule has 1 aliphatic rings. The average Bonchev–Trinajstić information content (AvgIpc) is 2.22. The molecule has 118 valence electrons. The van der Waals surface area contributed by atoms with Gasteiger partial charge in [-0.1, -0.05) is 27.7 Å². The summed E-state index contributed by atoms with van der Waals surface area (Å²) >= 11 is 0. The van der Waals surface area contributed by atoms with E-state index < -0.39 is 22.4 Å². The van der Waals surface area contributed by atoms with Crippen LogP contribution in [0.1, 0.15) is 41.5 Å². The Balaban J connectivity index is 2.75. The number of nitrogens with two attached hydrogens (primary N) is 1. The minimum Gasteiger partial charge on any atom is -0.446 e. The predicted molar refractivity (Wildman–Crippen MR) is 76.1 cm³/mol. The van der Waals surface area contributed by atoms with Gasteiger partial charge in [-0.25, -0.2) is 9.52 Å². The van der Waals surface area contributed by atoms with E-state index in [9.17, 15) is 13.2 Å². The van der Waals surface area contributed by atoms with Crippen LogP contribution in [0, 0.1) is 10.8 Å². The fourth-order valence-electron chi connectivity index (χ4n) is 3.02. The van der Waals surface area contributed by atoms with E-state index in [0.29, 0.717) is 0 Å². The van der Waals surface area contributed by atoms with E-state index in [-0.39, 0.29) is 22.9 Å². The lowest BCUT2D eigenvalue weighted by Crippen LogP contribution is -2.76. The van der Waals surface area contributed by atoms with E-state index in [4.69, 9.17) is 10.5 Å². The Hall–Kier alpha value is -0.860. The topological polar surface area (TPSA) is 111 Å². The van der Waals surface area contributed by atoms with Gasteiger partial charge in [-0.15, -0.1) is 0 Å². The monoisotopic (exact) mass is 307 g/mol. The van der Waals surface area contributed by atoms with Crippen molar-refractivity contribution in [3.8, 4) is 0 Å². The lowest BCUT2D eigenvalue weighted by molar-refractivity contribution is -0.0595. The fourth-order valence-corrected chi connectivity index (χ4v) is 4.26. The standard InChI is InChI=1S/C12H25N3O4S/c1-7(2)19-10(16)15-20(17,18)14-9-11(3,4)8(13)12(9,5)6/h7-9,14H,13H2,1-6H3,(H,15,16). The van der Waals surface area contributed by atoms with Crippen molar-refractivity contribution in [3.63, 3.8) is 0 Å². The van der Waals surface area contributed by atoms with E-state index in [2.05, 4.69) is 4.72 Å². The minimum absolute atomic E-state index is 0.134. The minimum atomic E-state index is -3.98. The number of amides is 1. The summed E-state index contributed by atoms with van der Waals surface area (Å²) in [6.45, 7) is 10.8. The number of ether oxygens (including phenoxy) is 1. The summed E-state index contributed by atoms with van der Waals surface area (Å²) < 4.78 is 33.0. The van der Waals surface area contributed by atoms with Gasteiger partial charge in [0.1, 0.15) is 0 Å². The highest BCUT2D eigenvalue weighted by molar-refractivity contribution is 7.88. The molecule has 0 aromatic heterocycles. The van der Waals surface area contributed by atoms with Gasteiger partial charge in [0.2, 0.25) is 0 Å². The predicted octanol–water partition coefficient (Wildman–Crippen LogP) is 0.717. The molecule has 0 spiro atoms. The molecule has 20 heavy (non-hydrogen) atoms. The zero-order chi connectivity index (χ0) is 15.9. The van der Waals surface area contributed by atoms with Crippen molar-refractivity contribution in [2.24, 2.45) is 16.6 Å². The Kier molecular flexibility index (Phi) is 4.43. The normalized spacial score (nSPS) is 27.8. The van der Waals surface area contributed by atoms with Gasteiger partial charge >= 0.3 is 16.3 Å².